The minimum absolute atomic E-state index is 0.0271. The quantitative estimate of drug-likeness (QED) is 0.614. The van der Waals surface area contributed by atoms with Gasteiger partial charge in [-0.1, -0.05) is 6.07 Å². The second-order valence-corrected chi connectivity index (χ2v) is 7.26. The molecular weight excluding hydrogens is 428 g/mol. The number of hydrogen-bond donors (Lipinski definition) is 1. The SMILES string of the molecule is O=C(c1cccc(F)c1-c1ncccn1)N1CCCC(Nc2ncc(C(F)(F)F)cn2)C1. The molecule has 0 radical (unpaired) electrons. The van der Waals surface area contributed by atoms with E-state index in [4.69, 9.17) is 0 Å². The molecule has 1 N–H and O–H groups in total. The third-order valence-electron chi connectivity index (χ3n) is 5.05. The van der Waals surface area contributed by atoms with Gasteiger partial charge in [-0.15, -0.1) is 0 Å². The molecule has 1 aromatic carbocycles. The number of halogens is 4. The van der Waals surface area contributed by atoms with E-state index in [0.29, 0.717) is 31.8 Å². The van der Waals surface area contributed by atoms with Crippen molar-refractivity contribution in [3.8, 4) is 11.4 Å². The zero-order chi connectivity index (χ0) is 22.7. The first kappa shape index (κ1) is 21.6. The molecule has 0 spiro atoms. The molecule has 1 unspecified atom stereocenters. The van der Waals surface area contributed by atoms with Crippen LogP contribution in [0, 0.1) is 5.82 Å². The van der Waals surface area contributed by atoms with Crippen LogP contribution in [-0.2, 0) is 6.18 Å². The van der Waals surface area contributed by atoms with Crippen LogP contribution in [0.15, 0.2) is 49.1 Å². The fraction of sp³-hybridized carbons (Fsp3) is 0.286. The van der Waals surface area contributed by atoms with Gasteiger partial charge in [0.15, 0.2) is 5.82 Å². The molecule has 1 atom stereocenters. The van der Waals surface area contributed by atoms with Gasteiger partial charge < -0.3 is 10.2 Å². The van der Waals surface area contributed by atoms with E-state index in [9.17, 15) is 22.4 Å². The lowest BCUT2D eigenvalue weighted by Gasteiger charge is -2.33. The molecule has 4 rings (SSSR count). The largest absolute Gasteiger partial charge is 0.419 e. The van der Waals surface area contributed by atoms with Crippen LogP contribution >= 0.6 is 0 Å². The Kier molecular flexibility index (Phi) is 5.97. The predicted octanol–water partition coefficient (Wildman–Crippen LogP) is 3.81. The standard InChI is InChI=1S/C21H18F4N6O/c22-16-6-1-5-15(17(16)18-26-7-3-8-27-18)19(32)31-9-2-4-14(12-31)30-20-28-10-13(11-29-20)21(23,24)25/h1,3,5-8,10-11,14H,2,4,9,12H2,(H,28,29,30). The molecule has 1 amide bonds. The van der Waals surface area contributed by atoms with Gasteiger partial charge in [0.05, 0.1) is 16.7 Å². The maximum absolute atomic E-state index is 14.6. The Balaban J connectivity index is 1.51. The van der Waals surface area contributed by atoms with E-state index in [1.807, 2.05) is 0 Å². The molecule has 1 aliphatic rings. The summed E-state index contributed by atoms with van der Waals surface area (Å²) in [6.45, 7) is 0.714. The van der Waals surface area contributed by atoms with Gasteiger partial charge >= 0.3 is 6.18 Å². The first-order valence-electron chi connectivity index (χ1n) is 9.84. The molecule has 32 heavy (non-hydrogen) atoms. The second kappa shape index (κ2) is 8.85. The van der Waals surface area contributed by atoms with E-state index in [1.54, 1.807) is 11.0 Å². The first-order chi connectivity index (χ1) is 15.3. The highest BCUT2D eigenvalue weighted by atomic mass is 19.4. The monoisotopic (exact) mass is 446 g/mol. The molecule has 1 saturated heterocycles. The van der Waals surface area contributed by atoms with Crippen LogP contribution in [0.2, 0.25) is 0 Å². The molecule has 0 aliphatic carbocycles. The third-order valence-corrected chi connectivity index (χ3v) is 5.05. The Bertz CT molecular complexity index is 1090. The molecular formula is C21H18F4N6O. The Labute approximate surface area is 180 Å². The van der Waals surface area contributed by atoms with E-state index >= 15 is 0 Å². The molecule has 11 heteroatoms. The number of likely N-dealkylation sites (tertiary alicyclic amines) is 1. The maximum Gasteiger partial charge on any atom is 0.419 e. The molecule has 3 aromatic rings. The van der Waals surface area contributed by atoms with Gasteiger partial charge in [-0.25, -0.2) is 24.3 Å². The zero-order valence-corrected chi connectivity index (χ0v) is 16.7. The highest BCUT2D eigenvalue weighted by Crippen LogP contribution is 2.29. The van der Waals surface area contributed by atoms with Crippen molar-refractivity contribution >= 4 is 11.9 Å². The molecule has 1 fully saturated rings. The number of carbonyl (C=O) groups is 1. The summed E-state index contributed by atoms with van der Waals surface area (Å²) in [5.41, 5.74) is -0.771. The molecule has 2 aromatic heterocycles. The van der Waals surface area contributed by atoms with Gasteiger partial charge in [0.25, 0.3) is 5.91 Å². The topological polar surface area (TPSA) is 83.9 Å². The second-order valence-electron chi connectivity index (χ2n) is 7.26. The Morgan fingerprint density at radius 1 is 1.06 bits per heavy atom. The average Bonchev–Trinajstić information content (AvgIpc) is 2.79. The Morgan fingerprint density at radius 2 is 1.78 bits per heavy atom. The lowest BCUT2D eigenvalue weighted by Crippen LogP contribution is -2.45. The number of nitrogens with zero attached hydrogens (tertiary/aromatic N) is 5. The van der Waals surface area contributed by atoms with Crippen molar-refractivity contribution in [2.45, 2.75) is 25.1 Å². The summed E-state index contributed by atoms with van der Waals surface area (Å²) in [6, 6.07) is 5.54. The van der Waals surface area contributed by atoms with Gasteiger partial charge in [-0.3, -0.25) is 4.79 Å². The fourth-order valence-electron chi connectivity index (χ4n) is 3.54. The van der Waals surface area contributed by atoms with Gasteiger partial charge in [0.1, 0.15) is 5.82 Å². The normalized spacial score (nSPS) is 16.6. The van der Waals surface area contributed by atoms with Crippen molar-refractivity contribution in [1.29, 1.82) is 0 Å². The van der Waals surface area contributed by atoms with Crippen LogP contribution in [-0.4, -0.2) is 49.9 Å². The van der Waals surface area contributed by atoms with Gasteiger partial charge in [-0.05, 0) is 31.0 Å². The molecule has 0 bridgehead atoms. The number of amides is 1. The van der Waals surface area contributed by atoms with Crippen molar-refractivity contribution in [1.82, 2.24) is 24.8 Å². The van der Waals surface area contributed by atoms with Crippen LogP contribution in [0.1, 0.15) is 28.8 Å². The molecule has 0 saturated carbocycles. The molecule has 7 nitrogen and oxygen atoms in total. The summed E-state index contributed by atoms with van der Waals surface area (Å²) in [7, 11) is 0. The van der Waals surface area contributed by atoms with Crippen LogP contribution in [0.25, 0.3) is 11.4 Å². The summed E-state index contributed by atoms with van der Waals surface area (Å²) >= 11 is 0. The van der Waals surface area contributed by atoms with Crippen molar-refractivity contribution in [3.63, 3.8) is 0 Å². The third kappa shape index (κ3) is 4.66. The lowest BCUT2D eigenvalue weighted by atomic mass is 10.0. The van der Waals surface area contributed by atoms with Gasteiger partial charge in [0, 0.05) is 43.9 Å². The maximum atomic E-state index is 14.6. The van der Waals surface area contributed by atoms with E-state index in [1.165, 1.54) is 30.6 Å². The summed E-state index contributed by atoms with van der Waals surface area (Å²) in [6.07, 6.45) is 1.15. The molecule has 166 valence electrons. The Hall–Kier alpha value is -3.63. The Morgan fingerprint density at radius 3 is 2.47 bits per heavy atom. The summed E-state index contributed by atoms with van der Waals surface area (Å²) < 4.78 is 52.6. The fourth-order valence-corrected chi connectivity index (χ4v) is 3.54. The van der Waals surface area contributed by atoms with Crippen molar-refractivity contribution in [2.75, 3.05) is 18.4 Å². The summed E-state index contributed by atoms with van der Waals surface area (Å²) in [4.78, 5) is 30.3. The average molecular weight is 446 g/mol. The van der Waals surface area contributed by atoms with E-state index in [0.717, 1.165) is 0 Å². The number of anilines is 1. The number of nitrogens with one attached hydrogen (secondary N) is 1. The van der Waals surface area contributed by atoms with Crippen molar-refractivity contribution < 1.29 is 22.4 Å². The molecule has 3 heterocycles. The summed E-state index contributed by atoms with van der Waals surface area (Å²) in [5.74, 6) is -0.834. The predicted molar refractivity (Wildman–Crippen MR) is 107 cm³/mol. The van der Waals surface area contributed by atoms with Crippen LogP contribution in [0.3, 0.4) is 0 Å². The van der Waals surface area contributed by atoms with E-state index < -0.39 is 17.6 Å². The number of benzene rings is 1. The number of alkyl halides is 3. The minimum atomic E-state index is -4.52. The van der Waals surface area contributed by atoms with E-state index in [2.05, 4.69) is 25.3 Å². The van der Waals surface area contributed by atoms with Crippen LogP contribution in [0.5, 0.6) is 0 Å². The highest BCUT2D eigenvalue weighted by Gasteiger charge is 2.32. The van der Waals surface area contributed by atoms with E-state index in [-0.39, 0.29) is 41.4 Å². The number of rotatable bonds is 4. The minimum Gasteiger partial charge on any atom is -0.350 e. The van der Waals surface area contributed by atoms with Gasteiger partial charge in [-0.2, -0.15) is 13.2 Å². The highest BCUT2D eigenvalue weighted by molar-refractivity contribution is 6.00. The number of piperidine rings is 1. The number of carbonyl (C=O) groups excluding carboxylic acids is 1. The van der Waals surface area contributed by atoms with Gasteiger partial charge in [0.2, 0.25) is 5.95 Å². The lowest BCUT2D eigenvalue weighted by molar-refractivity contribution is -0.138. The smallest absolute Gasteiger partial charge is 0.350 e. The number of hydrogen-bond acceptors (Lipinski definition) is 6. The first-order valence-corrected chi connectivity index (χ1v) is 9.84. The van der Waals surface area contributed by atoms with Crippen molar-refractivity contribution in [3.05, 3.63) is 66.0 Å². The number of aromatic nitrogens is 4. The van der Waals surface area contributed by atoms with Crippen LogP contribution < -0.4 is 5.32 Å². The van der Waals surface area contributed by atoms with Crippen molar-refractivity contribution in [2.24, 2.45) is 0 Å². The molecule has 1 aliphatic heterocycles. The van der Waals surface area contributed by atoms with Crippen LogP contribution in [0.4, 0.5) is 23.5 Å². The summed E-state index contributed by atoms with van der Waals surface area (Å²) in [5, 5.41) is 2.97. The zero-order valence-electron chi connectivity index (χ0n) is 16.7.